The van der Waals surface area contributed by atoms with Gasteiger partial charge in [0.2, 0.25) is 5.41 Å². The molecule has 0 spiro atoms. The molecule has 1 aliphatic rings. The Morgan fingerprint density at radius 2 is 1.29 bits per heavy atom. The average Bonchev–Trinajstić information content (AvgIpc) is 2.62. The van der Waals surface area contributed by atoms with E-state index in [4.69, 9.17) is 0 Å². The zero-order valence-corrected chi connectivity index (χ0v) is 11.4. The summed E-state index contributed by atoms with van der Waals surface area (Å²) in [6, 6.07) is -3.25. The van der Waals surface area contributed by atoms with Crippen molar-refractivity contribution in [1.82, 2.24) is 5.48 Å². The van der Waals surface area contributed by atoms with E-state index in [1.807, 2.05) is 0 Å². The van der Waals surface area contributed by atoms with Gasteiger partial charge in [0.25, 0.3) is 0 Å². The summed E-state index contributed by atoms with van der Waals surface area (Å²) in [4.78, 5) is 3.04. The molecule has 14 heteroatoms. The highest BCUT2D eigenvalue weighted by Crippen LogP contribution is 2.68. The molecule has 0 aliphatic carbocycles. The van der Waals surface area contributed by atoms with Gasteiger partial charge in [-0.15, -0.1) is 0 Å². The van der Waals surface area contributed by atoms with E-state index >= 15 is 0 Å². The van der Waals surface area contributed by atoms with Crippen LogP contribution in [0.4, 0.5) is 52.7 Å². The first-order chi connectivity index (χ1) is 10.4. The summed E-state index contributed by atoms with van der Waals surface area (Å²) in [6.45, 7) is 1.01. The minimum atomic E-state index is -7.11. The fourth-order valence-electron chi connectivity index (χ4n) is 2.52. The highest BCUT2D eigenvalue weighted by molar-refractivity contribution is 5.18. The van der Waals surface area contributed by atoms with Crippen molar-refractivity contribution in [3.8, 4) is 0 Å². The molecule has 2 nitrogen and oxygen atoms in total. The maximum absolute atomic E-state index is 14.3. The third kappa shape index (κ3) is 2.44. The van der Waals surface area contributed by atoms with Crippen LogP contribution in [-0.4, -0.2) is 36.3 Å². The largest absolute Gasteiger partial charge is 0.459 e. The molecule has 0 aromatic heterocycles. The van der Waals surface area contributed by atoms with Gasteiger partial charge in [-0.2, -0.15) is 53.8 Å². The molecule has 1 saturated heterocycles. The smallest absolute Gasteiger partial charge is 0.253 e. The second-order valence-electron chi connectivity index (χ2n) is 5.03. The van der Waals surface area contributed by atoms with E-state index in [2.05, 4.69) is 4.84 Å². The zero-order chi connectivity index (χ0) is 19.4. The van der Waals surface area contributed by atoms with Crippen molar-refractivity contribution < 1.29 is 57.5 Å². The van der Waals surface area contributed by atoms with Gasteiger partial charge in [0.15, 0.2) is 0 Å². The number of hydroxylamine groups is 1. The van der Waals surface area contributed by atoms with Crippen LogP contribution in [0, 0.1) is 5.41 Å². The number of rotatable bonds is 3. The van der Waals surface area contributed by atoms with Crippen molar-refractivity contribution in [2.24, 2.45) is 5.41 Å². The molecule has 0 aromatic carbocycles. The van der Waals surface area contributed by atoms with E-state index in [9.17, 15) is 52.7 Å². The lowest BCUT2D eigenvalue weighted by Gasteiger charge is -2.45. The van der Waals surface area contributed by atoms with Crippen molar-refractivity contribution in [1.29, 1.82) is 0 Å². The molecule has 144 valence electrons. The Bertz CT molecular complexity index is 452. The lowest BCUT2D eigenvalue weighted by Crippen LogP contribution is -2.73. The van der Waals surface area contributed by atoms with E-state index in [0.717, 1.165) is 12.4 Å². The summed E-state index contributed by atoms with van der Waals surface area (Å²) in [5.74, 6) is -13.6. The quantitative estimate of drug-likeness (QED) is 0.712. The van der Waals surface area contributed by atoms with E-state index < -0.39 is 54.6 Å². The summed E-state index contributed by atoms with van der Waals surface area (Å²) >= 11 is 0. The molecule has 1 rings (SSSR count). The van der Waals surface area contributed by atoms with Crippen LogP contribution in [0.15, 0.2) is 0 Å². The van der Waals surface area contributed by atoms with Gasteiger partial charge >= 0.3 is 30.3 Å². The molecule has 24 heavy (non-hydrogen) atoms. The van der Waals surface area contributed by atoms with Gasteiger partial charge < -0.3 is 0 Å². The highest BCUT2D eigenvalue weighted by Gasteiger charge is 2.96. The van der Waals surface area contributed by atoms with Crippen LogP contribution in [0.1, 0.15) is 19.8 Å². The summed E-state index contributed by atoms with van der Waals surface area (Å²) < 4.78 is 157. The second kappa shape index (κ2) is 5.54. The predicted molar refractivity (Wildman–Crippen MR) is 52.3 cm³/mol. The minimum Gasteiger partial charge on any atom is -0.253 e. The SMILES string of the molecule is CCCC1NOC(F)(C(F)(F)C(F)(F)F)C1(C(F)(F)F)C(F)(F)F. The fraction of sp³-hybridized carbons (Fsp3) is 1.00. The number of hydrogen-bond donors (Lipinski definition) is 1. The van der Waals surface area contributed by atoms with Crippen molar-refractivity contribution in [3.05, 3.63) is 0 Å². The van der Waals surface area contributed by atoms with Crippen molar-refractivity contribution >= 4 is 0 Å². The summed E-state index contributed by atoms with van der Waals surface area (Å²) in [5.41, 5.74) is -5.40. The Balaban J connectivity index is 3.83. The van der Waals surface area contributed by atoms with E-state index in [1.54, 1.807) is 0 Å². The van der Waals surface area contributed by atoms with Crippen LogP contribution in [0.2, 0.25) is 0 Å². The molecule has 1 N–H and O–H groups in total. The molecule has 2 atom stereocenters. The summed E-state index contributed by atoms with van der Waals surface area (Å²) in [7, 11) is 0. The van der Waals surface area contributed by atoms with Gasteiger partial charge in [-0.25, -0.2) is 4.39 Å². The summed E-state index contributed by atoms with van der Waals surface area (Å²) in [6.07, 6.45) is -22.6. The lowest BCUT2D eigenvalue weighted by molar-refractivity contribution is -0.465. The Hall–Kier alpha value is -0.920. The normalized spacial score (nSPS) is 29.1. The number of hydrogen-bond acceptors (Lipinski definition) is 2. The predicted octanol–water partition coefficient (Wildman–Crippen LogP) is 4.66. The molecule has 0 radical (unpaired) electrons. The maximum atomic E-state index is 14.3. The molecule has 1 aliphatic heterocycles. The second-order valence-corrected chi connectivity index (χ2v) is 5.03. The molecule has 2 unspecified atom stereocenters. The fourth-order valence-corrected chi connectivity index (χ4v) is 2.52. The zero-order valence-electron chi connectivity index (χ0n) is 11.4. The highest BCUT2D eigenvalue weighted by atomic mass is 19.4. The molecule has 1 fully saturated rings. The molecule has 0 saturated carbocycles. The van der Waals surface area contributed by atoms with E-state index in [1.165, 1.54) is 0 Å². The lowest BCUT2D eigenvalue weighted by atomic mass is 9.69. The van der Waals surface area contributed by atoms with Crippen molar-refractivity contribution in [3.63, 3.8) is 0 Å². The third-order valence-electron chi connectivity index (χ3n) is 3.60. The van der Waals surface area contributed by atoms with Gasteiger partial charge in [-0.3, -0.25) is 4.84 Å². The molecule has 0 aromatic rings. The average molecular weight is 387 g/mol. The standard InChI is InChI=1S/C10H9F12NO/c1-2-3-4-5(8(14,15)16,9(17,18)19)7(13,24-23-4)6(11,12)10(20,21)22/h4,23H,2-3H2,1H3. The molecular formula is C10H9F12NO. The maximum Gasteiger partial charge on any atom is 0.459 e. The first-order valence-corrected chi connectivity index (χ1v) is 6.12. The van der Waals surface area contributed by atoms with Crippen LogP contribution >= 0.6 is 0 Å². The van der Waals surface area contributed by atoms with Crippen LogP contribution in [-0.2, 0) is 4.84 Å². The Kier molecular flexibility index (Phi) is 4.88. The van der Waals surface area contributed by atoms with Crippen molar-refractivity contribution in [2.45, 2.75) is 56.1 Å². The monoisotopic (exact) mass is 387 g/mol. The van der Waals surface area contributed by atoms with Crippen LogP contribution < -0.4 is 5.48 Å². The Morgan fingerprint density at radius 1 is 0.875 bits per heavy atom. The van der Waals surface area contributed by atoms with Crippen LogP contribution in [0.3, 0.4) is 0 Å². The number of nitrogens with one attached hydrogen (secondary N) is 1. The first kappa shape index (κ1) is 21.1. The van der Waals surface area contributed by atoms with Gasteiger partial charge in [-0.05, 0) is 6.42 Å². The third-order valence-corrected chi connectivity index (χ3v) is 3.60. The van der Waals surface area contributed by atoms with E-state index in [-0.39, 0.29) is 0 Å². The molecule has 1 heterocycles. The summed E-state index contributed by atoms with van der Waals surface area (Å²) in [5, 5.41) is 0. The van der Waals surface area contributed by atoms with Gasteiger partial charge in [0, 0.05) is 0 Å². The molecular weight excluding hydrogens is 378 g/mol. The Morgan fingerprint density at radius 3 is 1.58 bits per heavy atom. The van der Waals surface area contributed by atoms with Gasteiger partial charge in [0.05, 0.1) is 6.04 Å². The minimum absolute atomic E-state index is 0.525. The molecule has 0 bridgehead atoms. The topological polar surface area (TPSA) is 21.3 Å². The van der Waals surface area contributed by atoms with Crippen LogP contribution in [0.25, 0.3) is 0 Å². The Labute approximate surface area is 126 Å². The molecule has 0 amide bonds. The van der Waals surface area contributed by atoms with Gasteiger partial charge in [-0.1, -0.05) is 13.3 Å². The van der Waals surface area contributed by atoms with Crippen LogP contribution in [0.5, 0.6) is 0 Å². The van der Waals surface area contributed by atoms with E-state index in [0.29, 0.717) is 0 Å². The first-order valence-electron chi connectivity index (χ1n) is 6.12. The number of alkyl halides is 12. The number of halogens is 12. The van der Waals surface area contributed by atoms with Gasteiger partial charge in [0.1, 0.15) is 0 Å². The van der Waals surface area contributed by atoms with Crippen molar-refractivity contribution in [2.75, 3.05) is 0 Å².